The van der Waals surface area contributed by atoms with E-state index in [1.54, 1.807) is 7.11 Å². The van der Waals surface area contributed by atoms with E-state index in [-0.39, 0.29) is 0 Å². The molecule has 18 heavy (non-hydrogen) atoms. The summed E-state index contributed by atoms with van der Waals surface area (Å²) < 4.78 is 10.3. The van der Waals surface area contributed by atoms with Crippen LogP contribution >= 0.6 is 0 Å². The average Bonchev–Trinajstić information content (AvgIpc) is 2.84. The van der Waals surface area contributed by atoms with Crippen LogP contribution in [0.15, 0.2) is 6.20 Å². The summed E-state index contributed by atoms with van der Waals surface area (Å²) in [6.45, 7) is 7.28. The van der Waals surface area contributed by atoms with Crippen LogP contribution in [-0.2, 0) is 15.9 Å². The Bertz CT molecular complexity index is 315. The Labute approximate surface area is 109 Å². The molecular weight excluding hydrogens is 230 g/mol. The van der Waals surface area contributed by atoms with E-state index >= 15 is 0 Å². The Balaban J connectivity index is 2.25. The molecule has 1 rings (SSSR count). The predicted molar refractivity (Wildman–Crippen MR) is 71.7 cm³/mol. The molecule has 1 atom stereocenters. The monoisotopic (exact) mass is 255 g/mol. The highest BCUT2D eigenvalue weighted by Gasteiger charge is 2.07. The van der Waals surface area contributed by atoms with E-state index in [2.05, 4.69) is 29.1 Å². The van der Waals surface area contributed by atoms with Crippen molar-refractivity contribution in [3.63, 3.8) is 0 Å². The zero-order valence-electron chi connectivity index (χ0n) is 11.7. The number of nitrogens with zero attached hydrogens (tertiary/aromatic N) is 1. The molecule has 1 aromatic heterocycles. The molecule has 0 aliphatic carbocycles. The van der Waals surface area contributed by atoms with Gasteiger partial charge in [0.15, 0.2) is 0 Å². The zero-order chi connectivity index (χ0) is 13.2. The number of imidazole rings is 1. The van der Waals surface area contributed by atoms with E-state index in [1.807, 2.05) is 6.20 Å². The molecule has 5 heteroatoms. The van der Waals surface area contributed by atoms with Gasteiger partial charge in [-0.3, -0.25) is 0 Å². The van der Waals surface area contributed by atoms with Gasteiger partial charge in [-0.05, 0) is 19.9 Å². The summed E-state index contributed by atoms with van der Waals surface area (Å²) in [6.07, 6.45) is 3.85. The summed E-state index contributed by atoms with van der Waals surface area (Å²) >= 11 is 0. The molecule has 104 valence electrons. The first-order valence-corrected chi connectivity index (χ1v) is 6.61. The van der Waals surface area contributed by atoms with Crippen molar-refractivity contribution in [2.45, 2.75) is 32.7 Å². The number of methoxy groups -OCH3 is 1. The minimum atomic E-state index is 0.320. The van der Waals surface area contributed by atoms with E-state index < -0.39 is 0 Å². The molecule has 1 unspecified atom stereocenters. The third kappa shape index (κ3) is 5.62. The van der Waals surface area contributed by atoms with Gasteiger partial charge in [0.1, 0.15) is 5.82 Å². The number of hydrogen-bond acceptors (Lipinski definition) is 4. The van der Waals surface area contributed by atoms with E-state index in [9.17, 15) is 0 Å². The standard InChI is InChI=1S/C13H25N3O2/c1-4-6-14-11(2)12-10-15-13(16-12)5-7-18-9-8-17-3/h10-11,14H,4-9H2,1-3H3,(H,15,16). The van der Waals surface area contributed by atoms with E-state index in [0.717, 1.165) is 30.9 Å². The van der Waals surface area contributed by atoms with Crippen LogP contribution in [0.3, 0.4) is 0 Å². The maximum Gasteiger partial charge on any atom is 0.108 e. The summed E-state index contributed by atoms with van der Waals surface area (Å²) in [5, 5.41) is 3.43. The Kier molecular flexibility index (Phi) is 7.64. The molecule has 0 bridgehead atoms. The van der Waals surface area contributed by atoms with Gasteiger partial charge in [-0.2, -0.15) is 0 Å². The summed E-state index contributed by atoms with van der Waals surface area (Å²) in [6, 6.07) is 0.320. The van der Waals surface area contributed by atoms with Crippen LogP contribution < -0.4 is 5.32 Å². The fraction of sp³-hybridized carbons (Fsp3) is 0.769. The topological polar surface area (TPSA) is 59.2 Å². The summed E-state index contributed by atoms with van der Waals surface area (Å²) in [4.78, 5) is 7.68. The fourth-order valence-corrected chi connectivity index (χ4v) is 1.61. The van der Waals surface area contributed by atoms with Gasteiger partial charge < -0.3 is 19.8 Å². The molecule has 0 aromatic carbocycles. The van der Waals surface area contributed by atoms with Gasteiger partial charge in [0.2, 0.25) is 0 Å². The van der Waals surface area contributed by atoms with Crippen LogP contribution in [0.2, 0.25) is 0 Å². The lowest BCUT2D eigenvalue weighted by atomic mass is 10.2. The summed E-state index contributed by atoms with van der Waals surface area (Å²) in [5.74, 6) is 0.979. The highest BCUT2D eigenvalue weighted by atomic mass is 16.5. The molecule has 1 aromatic rings. The van der Waals surface area contributed by atoms with Crippen LogP contribution in [-0.4, -0.2) is 43.4 Å². The van der Waals surface area contributed by atoms with Crippen molar-refractivity contribution in [1.29, 1.82) is 0 Å². The Hall–Kier alpha value is -0.910. The van der Waals surface area contributed by atoms with Crippen molar-refractivity contribution in [3.05, 3.63) is 17.7 Å². The maximum atomic E-state index is 5.41. The predicted octanol–water partition coefficient (Wildman–Crippen LogP) is 1.68. The molecular formula is C13H25N3O2. The van der Waals surface area contributed by atoms with Gasteiger partial charge >= 0.3 is 0 Å². The van der Waals surface area contributed by atoms with Crippen molar-refractivity contribution >= 4 is 0 Å². The van der Waals surface area contributed by atoms with Gasteiger partial charge in [0, 0.05) is 25.8 Å². The number of hydrogen-bond donors (Lipinski definition) is 2. The van der Waals surface area contributed by atoms with Gasteiger partial charge in [0.25, 0.3) is 0 Å². The molecule has 1 heterocycles. The molecule has 5 nitrogen and oxygen atoms in total. The molecule has 0 amide bonds. The van der Waals surface area contributed by atoms with Crippen LogP contribution in [0.4, 0.5) is 0 Å². The Morgan fingerprint density at radius 1 is 1.39 bits per heavy atom. The zero-order valence-corrected chi connectivity index (χ0v) is 11.7. The van der Waals surface area contributed by atoms with Gasteiger partial charge in [-0.15, -0.1) is 0 Å². The van der Waals surface area contributed by atoms with Crippen LogP contribution in [0.25, 0.3) is 0 Å². The molecule has 0 saturated heterocycles. The summed E-state index contributed by atoms with van der Waals surface area (Å²) in [5.41, 5.74) is 1.13. The van der Waals surface area contributed by atoms with Crippen molar-refractivity contribution in [1.82, 2.24) is 15.3 Å². The number of ether oxygens (including phenoxy) is 2. The normalized spacial score (nSPS) is 12.8. The number of nitrogens with one attached hydrogen (secondary N) is 2. The average molecular weight is 255 g/mol. The molecule has 2 N–H and O–H groups in total. The second-order valence-electron chi connectivity index (χ2n) is 4.32. The number of rotatable bonds is 10. The molecule has 0 aliphatic heterocycles. The van der Waals surface area contributed by atoms with Crippen molar-refractivity contribution in [3.8, 4) is 0 Å². The second-order valence-corrected chi connectivity index (χ2v) is 4.32. The molecule has 0 aliphatic rings. The first kappa shape index (κ1) is 15.1. The maximum absolute atomic E-state index is 5.41. The molecule has 0 spiro atoms. The highest BCUT2D eigenvalue weighted by Crippen LogP contribution is 2.09. The third-order valence-corrected chi connectivity index (χ3v) is 2.73. The number of aromatic amines is 1. The number of H-pyrrole nitrogens is 1. The van der Waals surface area contributed by atoms with Gasteiger partial charge in [-0.1, -0.05) is 6.92 Å². The summed E-state index contributed by atoms with van der Waals surface area (Å²) in [7, 11) is 1.67. The Morgan fingerprint density at radius 2 is 2.22 bits per heavy atom. The van der Waals surface area contributed by atoms with Crippen LogP contribution in [0.5, 0.6) is 0 Å². The highest BCUT2D eigenvalue weighted by molar-refractivity contribution is 5.05. The SMILES string of the molecule is CCCNC(C)c1cnc(CCOCCOC)[nH]1. The van der Waals surface area contributed by atoms with Gasteiger partial charge in [-0.25, -0.2) is 4.98 Å². The second kappa shape index (κ2) is 9.08. The lowest BCUT2D eigenvalue weighted by Crippen LogP contribution is -2.19. The lowest BCUT2D eigenvalue weighted by molar-refractivity contribution is 0.0717. The minimum absolute atomic E-state index is 0.320. The van der Waals surface area contributed by atoms with E-state index in [1.165, 1.54) is 0 Å². The van der Waals surface area contributed by atoms with E-state index in [4.69, 9.17) is 9.47 Å². The Morgan fingerprint density at radius 3 is 2.94 bits per heavy atom. The van der Waals surface area contributed by atoms with Crippen molar-refractivity contribution < 1.29 is 9.47 Å². The van der Waals surface area contributed by atoms with Crippen molar-refractivity contribution in [2.75, 3.05) is 33.5 Å². The van der Waals surface area contributed by atoms with Crippen molar-refractivity contribution in [2.24, 2.45) is 0 Å². The first-order valence-electron chi connectivity index (χ1n) is 6.61. The molecule has 0 radical (unpaired) electrons. The molecule has 0 fully saturated rings. The largest absolute Gasteiger partial charge is 0.382 e. The first-order chi connectivity index (χ1) is 8.77. The lowest BCUT2D eigenvalue weighted by Gasteiger charge is -2.10. The quantitative estimate of drug-likeness (QED) is 0.624. The van der Waals surface area contributed by atoms with Crippen LogP contribution in [0.1, 0.15) is 37.8 Å². The number of aromatic nitrogens is 2. The minimum Gasteiger partial charge on any atom is -0.382 e. The molecule has 0 saturated carbocycles. The fourth-order valence-electron chi connectivity index (χ4n) is 1.61. The smallest absolute Gasteiger partial charge is 0.108 e. The van der Waals surface area contributed by atoms with E-state index in [0.29, 0.717) is 25.9 Å². The van der Waals surface area contributed by atoms with Crippen LogP contribution in [0, 0.1) is 0 Å². The third-order valence-electron chi connectivity index (χ3n) is 2.73. The van der Waals surface area contributed by atoms with Gasteiger partial charge in [0.05, 0.1) is 25.5 Å².